The minimum absolute atomic E-state index is 0.0752. The Morgan fingerprint density at radius 3 is 2.71 bits per heavy atom. The van der Waals surface area contributed by atoms with Crippen molar-refractivity contribution in [2.45, 2.75) is 44.8 Å². The van der Waals surface area contributed by atoms with Crippen LogP contribution in [0.3, 0.4) is 0 Å². The summed E-state index contributed by atoms with van der Waals surface area (Å²) in [6.07, 6.45) is 7.00. The molecule has 84 valence electrons. The largest absolute Gasteiger partial charge is 0.385 e. The number of unbranched alkanes of at least 4 members (excludes halogenated alkanes) is 2. The summed E-state index contributed by atoms with van der Waals surface area (Å²) >= 11 is 0. The normalized spacial score (nSPS) is 22.5. The number of hydrogen-bond acceptors (Lipinski definition) is 3. The van der Waals surface area contributed by atoms with E-state index in [-0.39, 0.29) is 6.29 Å². The van der Waals surface area contributed by atoms with E-state index in [4.69, 9.17) is 14.2 Å². The maximum atomic E-state index is 5.60. The van der Waals surface area contributed by atoms with Crippen molar-refractivity contribution in [1.29, 1.82) is 0 Å². The van der Waals surface area contributed by atoms with Gasteiger partial charge in [-0.3, -0.25) is 0 Å². The average Bonchev–Trinajstić information content (AvgIpc) is 2.25. The molecule has 0 N–H and O–H groups in total. The fourth-order valence-electron chi connectivity index (χ4n) is 1.58. The smallest absolute Gasteiger partial charge is 0.157 e. The molecule has 14 heavy (non-hydrogen) atoms. The van der Waals surface area contributed by atoms with Crippen LogP contribution >= 0.6 is 0 Å². The van der Waals surface area contributed by atoms with Crippen LogP contribution < -0.4 is 0 Å². The Labute approximate surface area is 86.7 Å². The van der Waals surface area contributed by atoms with Gasteiger partial charge in [-0.25, -0.2) is 0 Å². The summed E-state index contributed by atoms with van der Waals surface area (Å²) in [5.41, 5.74) is 0. The van der Waals surface area contributed by atoms with Crippen LogP contribution in [0.5, 0.6) is 0 Å². The first-order valence-electron chi connectivity index (χ1n) is 5.65. The Hall–Kier alpha value is -0.120. The van der Waals surface area contributed by atoms with Gasteiger partial charge in [0.15, 0.2) is 6.29 Å². The summed E-state index contributed by atoms with van der Waals surface area (Å²) in [6, 6.07) is 0. The molecule has 0 aromatic carbocycles. The molecule has 0 amide bonds. The van der Waals surface area contributed by atoms with Crippen molar-refractivity contribution in [2.75, 3.05) is 26.9 Å². The topological polar surface area (TPSA) is 27.7 Å². The molecular weight excluding hydrogens is 180 g/mol. The summed E-state index contributed by atoms with van der Waals surface area (Å²) in [5, 5.41) is 0. The van der Waals surface area contributed by atoms with E-state index in [0.29, 0.717) is 0 Å². The second-order valence-electron chi connectivity index (χ2n) is 3.72. The quantitative estimate of drug-likeness (QED) is 0.593. The molecule has 0 aliphatic carbocycles. The molecule has 3 heteroatoms. The molecule has 1 fully saturated rings. The molecule has 0 radical (unpaired) electrons. The molecule has 0 aromatic heterocycles. The zero-order chi connectivity index (χ0) is 10.1. The molecule has 1 saturated heterocycles. The molecule has 1 atom stereocenters. The van der Waals surface area contributed by atoms with Gasteiger partial charge in [0.05, 0.1) is 0 Å². The van der Waals surface area contributed by atoms with Gasteiger partial charge in [-0.2, -0.15) is 0 Å². The summed E-state index contributed by atoms with van der Waals surface area (Å²) in [6.45, 7) is 2.56. The Balaban J connectivity index is 1.82. The van der Waals surface area contributed by atoms with Crippen molar-refractivity contribution in [1.82, 2.24) is 0 Å². The average molecular weight is 202 g/mol. The van der Waals surface area contributed by atoms with Gasteiger partial charge in [0.1, 0.15) is 0 Å². The summed E-state index contributed by atoms with van der Waals surface area (Å²) in [5.74, 6) is 0. The van der Waals surface area contributed by atoms with Crippen LogP contribution in [0.2, 0.25) is 0 Å². The molecule has 1 heterocycles. The van der Waals surface area contributed by atoms with E-state index in [9.17, 15) is 0 Å². The van der Waals surface area contributed by atoms with E-state index < -0.39 is 0 Å². The van der Waals surface area contributed by atoms with Crippen LogP contribution in [0, 0.1) is 0 Å². The lowest BCUT2D eigenvalue weighted by Crippen LogP contribution is -2.22. The highest BCUT2D eigenvalue weighted by Gasteiger charge is 2.12. The van der Waals surface area contributed by atoms with Gasteiger partial charge in [-0.15, -0.1) is 0 Å². The predicted molar refractivity (Wildman–Crippen MR) is 55.3 cm³/mol. The molecular formula is C11H22O3. The van der Waals surface area contributed by atoms with Gasteiger partial charge in [0, 0.05) is 26.9 Å². The molecule has 0 saturated carbocycles. The Morgan fingerprint density at radius 1 is 1.14 bits per heavy atom. The molecule has 1 aliphatic rings. The third-order valence-corrected chi connectivity index (χ3v) is 2.43. The van der Waals surface area contributed by atoms with Crippen molar-refractivity contribution < 1.29 is 14.2 Å². The van der Waals surface area contributed by atoms with E-state index >= 15 is 0 Å². The summed E-state index contributed by atoms with van der Waals surface area (Å²) in [7, 11) is 1.74. The second-order valence-corrected chi connectivity index (χ2v) is 3.72. The highest BCUT2D eigenvalue weighted by atomic mass is 16.7. The lowest BCUT2D eigenvalue weighted by atomic mass is 10.2. The fraction of sp³-hybridized carbons (Fsp3) is 1.00. The minimum atomic E-state index is 0.0752. The molecule has 0 spiro atoms. The third kappa shape index (κ3) is 5.58. The van der Waals surface area contributed by atoms with Crippen molar-refractivity contribution in [3.05, 3.63) is 0 Å². The maximum Gasteiger partial charge on any atom is 0.157 e. The fourth-order valence-corrected chi connectivity index (χ4v) is 1.58. The Morgan fingerprint density at radius 2 is 2.00 bits per heavy atom. The van der Waals surface area contributed by atoms with E-state index in [1.54, 1.807) is 7.11 Å². The highest BCUT2D eigenvalue weighted by molar-refractivity contribution is 4.54. The van der Waals surface area contributed by atoms with E-state index in [0.717, 1.165) is 39.1 Å². The maximum absolute atomic E-state index is 5.60. The van der Waals surface area contributed by atoms with Crippen molar-refractivity contribution in [2.24, 2.45) is 0 Å². The minimum Gasteiger partial charge on any atom is -0.385 e. The van der Waals surface area contributed by atoms with Crippen LogP contribution in [0.15, 0.2) is 0 Å². The molecule has 1 rings (SSSR count). The number of ether oxygens (including phenoxy) is 3. The first-order chi connectivity index (χ1) is 6.93. The van der Waals surface area contributed by atoms with Crippen molar-refractivity contribution in [3.63, 3.8) is 0 Å². The predicted octanol–water partition coefficient (Wildman–Crippen LogP) is 2.35. The first kappa shape index (κ1) is 12.0. The zero-order valence-electron chi connectivity index (χ0n) is 9.17. The lowest BCUT2D eigenvalue weighted by molar-refractivity contribution is -0.162. The SMILES string of the molecule is COCCCCCOC1CCCCO1. The monoisotopic (exact) mass is 202 g/mol. The van der Waals surface area contributed by atoms with Gasteiger partial charge in [-0.05, 0) is 38.5 Å². The first-order valence-corrected chi connectivity index (χ1v) is 5.65. The Bertz CT molecular complexity index is 122. The van der Waals surface area contributed by atoms with Crippen LogP contribution in [0.1, 0.15) is 38.5 Å². The highest BCUT2D eigenvalue weighted by Crippen LogP contribution is 2.14. The Kier molecular flexibility index (Phi) is 7.01. The second kappa shape index (κ2) is 8.21. The van der Waals surface area contributed by atoms with Crippen molar-refractivity contribution >= 4 is 0 Å². The number of hydrogen-bond donors (Lipinski definition) is 0. The van der Waals surface area contributed by atoms with E-state index in [1.165, 1.54) is 19.3 Å². The third-order valence-electron chi connectivity index (χ3n) is 2.43. The van der Waals surface area contributed by atoms with Gasteiger partial charge in [0.2, 0.25) is 0 Å². The van der Waals surface area contributed by atoms with Gasteiger partial charge in [-0.1, -0.05) is 0 Å². The van der Waals surface area contributed by atoms with Crippen LogP contribution in [-0.4, -0.2) is 33.2 Å². The van der Waals surface area contributed by atoms with Crippen molar-refractivity contribution in [3.8, 4) is 0 Å². The van der Waals surface area contributed by atoms with Crippen LogP contribution in [0.25, 0.3) is 0 Å². The van der Waals surface area contributed by atoms with Crippen LogP contribution in [-0.2, 0) is 14.2 Å². The molecule has 3 nitrogen and oxygen atoms in total. The zero-order valence-corrected chi connectivity index (χ0v) is 9.17. The number of methoxy groups -OCH3 is 1. The van der Waals surface area contributed by atoms with E-state index in [2.05, 4.69) is 0 Å². The summed E-state index contributed by atoms with van der Waals surface area (Å²) in [4.78, 5) is 0. The standard InChI is InChI=1S/C11H22O3/c1-12-8-4-2-5-9-13-11-7-3-6-10-14-11/h11H,2-10H2,1H3. The lowest BCUT2D eigenvalue weighted by Gasteiger charge is -2.22. The van der Waals surface area contributed by atoms with Gasteiger partial charge in [0.25, 0.3) is 0 Å². The van der Waals surface area contributed by atoms with Crippen LogP contribution in [0.4, 0.5) is 0 Å². The van der Waals surface area contributed by atoms with Gasteiger partial charge < -0.3 is 14.2 Å². The molecule has 0 aromatic rings. The molecule has 1 aliphatic heterocycles. The van der Waals surface area contributed by atoms with E-state index in [1.807, 2.05) is 0 Å². The number of rotatable bonds is 7. The summed E-state index contributed by atoms with van der Waals surface area (Å²) < 4.78 is 16.0. The van der Waals surface area contributed by atoms with Gasteiger partial charge >= 0.3 is 0 Å². The molecule has 0 bridgehead atoms. The molecule has 1 unspecified atom stereocenters.